The summed E-state index contributed by atoms with van der Waals surface area (Å²) in [6.45, 7) is 0. The van der Waals surface area contributed by atoms with Gasteiger partial charge in [0.05, 0.1) is 11.6 Å². The van der Waals surface area contributed by atoms with Gasteiger partial charge in [0.25, 0.3) is 0 Å². The molecule has 0 saturated carbocycles. The predicted molar refractivity (Wildman–Crippen MR) is 100 cm³/mol. The first-order chi connectivity index (χ1) is 11.8. The molecule has 0 aliphatic carbocycles. The van der Waals surface area contributed by atoms with Crippen molar-refractivity contribution in [1.29, 1.82) is 5.26 Å². The van der Waals surface area contributed by atoms with Gasteiger partial charge < -0.3 is 4.57 Å². The summed E-state index contributed by atoms with van der Waals surface area (Å²) in [4.78, 5) is 0. The van der Waals surface area contributed by atoms with E-state index in [2.05, 4.69) is 47.2 Å². The molecule has 2 nitrogen and oxygen atoms in total. The second-order valence-electron chi connectivity index (χ2n) is 5.91. The van der Waals surface area contributed by atoms with Crippen LogP contribution in [0.15, 0.2) is 72.9 Å². The highest BCUT2D eigenvalue weighted by Crippen LogP contribution is 2.29. The van der Waals surface area contributed by atoms with Gasteiger partial charge in [-0.1, -0.05) is 60.7 Å². The van der Waals surface area contributed by atoms with Crippen LogP contribution in [0.25, 0.3) is 33.3 Å². The molecule has 0 fully saturated rings. The Hall–Kier alpha value is -3.31. The van der Waals surface area contributed by atoms with Crippen molar-refractivity contribution >= 4 is 33.3 Å². The van der Waals surface area contributed by atoms with Crippen molar-refractivity contribution < 1.29 is 0 Å². The fraction of sp³-hybridized carbons (Fsp3) is 0.0455. The molecule has 0 radical (unpaired) electrons. The molecule has 4 rings (SSSR count). The molecule has 1 heterocycles. The van der Waals surface area contributed by atoms with E-state index >= 15 is 0 Å². The lowest BCUT2D eigenvalue weighted by Gasteiger charge is -2.05. The SMILES string of the molecule is Cn1cc(/C=C(/C#N)c2cccc3ccccc23)c2ccccc21. The number of nitrogens with zero attached hydrogens (tertiary/aromatic N) is 2. The maximum atomic E-state index is 9.75. The fourth-order valence-corrected chi connectivity index (χ4v) is 3.27. The van der Waals surface area contributed by atoms with Gasteiger partial charge in [0, 0.05) is 35.3 Å². The van der Waals surface area contributed by atoms with Crippen molar-refractivity contribution in [3.63, 3.8) is 0 Å². The van der Waals surface area contributed by atoms with E-state index < -0.39 is 0 Å². The van der Waals surface area contributed by atoms with Crippen LogP contribution in [-0.2, 0) is 7.05 Å². The lowest BCUT2D eigenvalue weighted by atomic mass is 9.97. The van der Waals surface area contributed by atoms with Crippen molar-refractivity contribution in [3.05, 3.63) is 84.1 Å². The van der Waals surface area contributed by atoms with Gasteiger partial charge in [-0.15, -0.1) is 0 Å². The zero-order chi connectivity index (χ0) is 16.5. The topological polar surface area (TPSA) is 28.7 Å². The lowest BCUT2D eigenvalue weighted by molar-refractivity contribution is 0.968. The summed E-state index contributed by atoms with van der Waals surface area (Å²) < 4.78 is 2.10. The summed E-state index contributed by atoms with van der Waals surface area (Å²) in [6, 6.07) is 24.9. The van der Waals surface area contributed by atoms with Crippen molar-refractivity contribution in [3.8, 4) is 6.07 Å². The van der Waals surface area contributed by atoms with Crippen molar-refractivity contribution in [2.75, 3.05) is 0 Å². The molecule has 0 N–H and O–H groups in total. The van der Waals surface area contributed by atoms with Crippen LogP contribution in [0.3, 0.4) is 0 Å². The van der Waals surface area contributed by atoms with E-state index in [-0.39, 0.29) is 0 Å². The molecule has 1 aromatic heterocycles. The van der Waals surface area contributed by atoms with E-state index in [1.54, 1.807) is 0 Å². The third-order valence-electron chi connectivity index (χ3n) is 4.43. The minimum Gasteiger partial charge on any atom is -0.350 e. The van der Waals surface area contributed by atoms with Gasteiger partial charge in [-0.25, -0.2) is 0 Å². The predicted octanol–water partition coefficient (Wildman–Crippen LogP) is 5.40. The number of rotatable bonds is 2. The minimum absolute atomic E-state index is 0.683. The maximum Gasteiger partial charge on any atom is 0.0998 e. The Kier molecular flexibility index (Phi) is 3.40. The number of allylic oxidation sites excluding steroid dienone is 1. The van der Waals surface area contributed by atoms with Crippen LogP contribution in [0, 0.1) is 11.3 Å². The second kappa shape index (κ2) is 5.72. The molecule has 0 aliphatic heterocycles. The van der Waals surface area contributed by atoms with Gasteiger partial charge in [0.15, 0.2) is 0 Å². The number of benzene rings is 3. The van der Waals surface area contributed by atoms with Crippen molar-refractivity contribution in [1.82, 2.24) is 4.57 Å². The number of aryl methyl sites for hydroxylation is 1. The van der Waals surface area contributed by atoms with Crippen molar-refractivity contribution in [2.45, 2.75) is 0 Å². The third kappa shape index (κ3) is 2.28. The monoisotopic (exact) mass is 308 g/mol. The van der Waals surface area contributed by atoms with Crippen LogP contribution in [-0.4, -0.2) is 4.57 Å². The first-order valence-electron chi connectivity index (χ1n) is 7.92. The molecule has 24 heavy (non-hydrogen) atoms. The number of aromatic nitrogens is 1. The molecule has 2 heteroatoms. The summed E-state index contributed by atoms with van der Waals surface area (Å²) >= 11 is 0. The minimum atomic E-state index is 0.683. The highest BCUT2D eigenvalue weighted by molar-refractivity contribution is 6.04. The van der Waals surface area contributed by atoms with E-state index in [0.717, 1.165) is 27.3 Å². The van der Waals surface area contributed by atoms with Gasteiger partial charge >= 0.3 is 0 Å². The Morgan fingerprint density at radius 1 is 0.917 bits per heavy atom. The smallest absolute Gasteiger partial charge is 0.0998 e. The summed E-state index contributed by atoms with van der Waals surface area (Å²) in [5.74, 6) is 0. The maximum absolute atomic E-state index is 9.75. The normalized spacial score (nSPS) is 11.8. The van der Waals surface area contributed by atoms with Crippen LogP contribution in [0.2, 0.25) is 0 Å². The average Bonchev–Trinajstić information content (AvgIpc) is 2.95. The number of para-hydroxylation sites is 1. The summed E-state index contributed by atoms with van der Waals surface area (Å²) in [5, 5.41) is 13.2. The molecule has 4 aromatic rings. The number of hydrogen-bond acceptors (Lipinski definition) is 1. The highest BCUT2D eigenvalue weighted by atomic mass is 14.9. The molecule has 0 amide bonds. The van der Waals surface area contributed by atoms with Gasteiger partial charge in [-0.2, -0.15) is 5.26 Å². The number of fused-ring (bicyclic) bond motifs is 2. The van der Waals surface area contributed by atoms with E-state index in [1.807, 2.05) is 49.5 Å². The first-order valence-corrected chi connectivity index (χ1v) is 7.92. The lowest BCUT2D eigenvalue weighted by Crippen LogP contribution is -1.85. The van der Waals surface area contributed by atoms with E-state index in [1.165, 1.54) is 5.52 Å². The van der Waals surface area contributed by atoms with Gasteiger partial charge in [0.2, 0.25) is 0 Å². The average molecular weight is 308 g/mol. The highest BCUT2D eigenvalue weighted by Gasteiger charge is 2.09. The largest absolute Gasteiger partial charge is 0.350 e. The van der Waals surface area contributed by atoms with Gasteiger partial charge in [0.1, 0.15) is 0 Å². The molecule has 0 saturated heterocycles. The first kappa shape index (κ1) is 14.3. The van der Waals surface area contributed by atoms with E-state index in [9.17, 15) is 5.26 Å². The van der Waals surface area contributed by atoms with Crippen LogP contribution in [0.1, 0.15) is 11.1 Å². The quantitative estimate of drug-likeness (QED) is 0.456. The Morgan fingerprint density at radius 3 is 2.46 bits per heavy atom. The van der Waals surface area contributed by atoms with Gasteiger partial charge in [-0.05, 0) is 22.9 Å². The molecule has 3 aromatic carbocycles. The number of hydrogen-bond donors (Lipinski definition) is 0. The standard InChI is InChI=1S/C22H16N2/c1-24-15-18(21-10-4-5-12-22(21)24)13-17(14-23)20-11-6-8-16-7-2-3-9-19(16)20/h2-13,15H,1H3/b17-13-. The molecular weight excluding hydrogens is 292 g/mol. The third-order valence-corrected chi connectivity index (χ3v) is 4.43. The van der Waals surface area contributed by atoms with Crippen LogP contribution in [0.4, 0.5) is 0 Å². The van der Waals surface area contributed by atoms with E-state index in [0.29, 0.717) is 5.57 Å². The van der Waals surface area contributed by atoms with E-state index in [4.69, 9.17) is 0 Å². The second-order valence-corrected chi connectivity index (χ2v) is 5.91. The Bertz CT molecular complexity index is 1120. The Morgan fingerprint density at radius 2 is 1.62 bits per heavy atom. The molecule has 0 atom stereocenters. The Labute approximate surface area is 140 Å². The molecule has 114 valence electrons. The Balaban J connectivity index is 1.95. The van der Waals surface area contributed by atoms with Crippen LogP contribution in [0.5, 0.6) is 0 Å². The summed E-state index contributed by atoms with van der Waals surface area (Å²) in [7, 11) is 2.03. The summed E-state index contributed by atoms with van der Waals surface area (Å²) in [6.07, 6.45) is 4.07. The van der Waals surface area contributed by atoms with Crippen molar-refractivity contribution in [2.24, 2.45) is 7.05 Å². The zero-order valence-corrected chi connectivity index (χ0v) is 13.4. The molecule has 0 unspecified atom stereocenters. The fourth-order valence-electron chi connectivity index (χ4n) is 3.27. The number of nitriles is 1. The van der Waals surface area contributed by atoms with Crippen LogP contribution >= 0.6 is 0 Å². The molecule has 0 spiro atoms. The molecule has 0 aliphatic rings. The zero-order valence-electron chi connectivity index (χ0n) is 13.4. The summed E-state index contributed by atoms with van der Waals surface area (Å²) in [5.41, 5.74) is 3.89. The van der Waals surface area contributed by atoms with Gasteiger partial charge in [-0.3, -0.25) is 0 Å². The molecular formula is C22H16N2. The van der Waals surface area contributed by atoms with Crippen LogP contribution < -0.4 is 0 Å². The molecule has 0 bridgehead atoms.